The van der Waals surface area contributed by atoms with Gasteiger partial charge in [-0.3, -0.25) is 14.5 Å². The Morgan fingerprint density at radius 3 is 2.48 bits per heavy atom. The number of morpholine rings is 1. The first-order chi connectivity index (χ1) is 13.6. The Morgan fingerprint density at radius 1 is 1.31 bits per heavy atom. The molecule has 1 heterocycles. The van der Waals surface area contributed by atoms with Gasteiger partial charge in [-0.25, -0.2) is 8.78 Å². The van der Waals surface area contributed by atoms with Crippen molar-refractivity contribution in [2.75, 3.05) is 49.6 Å². The lowest BCUT2D eigenvalue weighted by atomic mass is 9.95. The number of rotatable bonds is 8. The molecule has 0 radical (unpaired) electrons. The van der Waals surface area contributed by atoms with E-state index in [0.717, 1.165) is 0 Å². The molecule has 0 unspecified atom stereocenters. The van der Waals surface area contributed by atoms with E-state index in [1.165, 1.54) is 4.90 Å². The quantitative estimate of drug-likeness (QED) is 0.681. The zero-order valence-electron chi connectivity index (χ0n) is 17.2. The predicted octanol–water partition coefficient (Wildman–Crippen LogP) is 1.93. The fraction of sp³-hybridized carbons (Fsp3) is 0.600. The van der Waals surface area contributed by atoms with E-state index in [4.69, 9.17) is 10.5 Å². The van der Waals surface area contributed by atoms with Crippen LogP contribution in [-0.4, -0.2) is 68.6 Å². The molecular weight excluding hydrogens is 382 g/mol. The molecule has 1 aromatic carbocycles. The second-order valence-electron chi connectivity index (χ2n) is 8.27. The highest BCUT2D eigenvalue weighted by Gasteiger charge is 2.30. The Morgan fingerprint density at radius 2 is 1.97 bits per heavy atom. The van der Waals surface area contributed by atoms with Crippen molar-refractivity contribution in [2.45, 2.75) is 33.2 Å². The molecule has 2 amide bonds. The maximum absolute atomic E-state index is 13.0. The van der Waals surface area contributed by atoms with E-state index in [2.05, 4.69) is 5.32 Å². The lowest BCUT2D eigenvalue weighted by molar-refractivity contribution is -0.125. The monoisotopic (exact) mass is 412 g/mol. The summed E-state index contributed by atoms with van der Waals surface area (Å²) >= 11 is 0. The number of anilines is 2. The maximum atomic E-state index is 13.0. The molecule has 0 aromatic heterocycles. The lowest BCUT2D eigenvalue weighted by Gasteiger charge is -2.34. The number of carbonyl (C=O) groups is 2. The van der Waals surface area contributed by atoms with Crippen molar-refractivity contribution in [3.05, 3.63) is 24.3 Å². The molecule has 162 valence electrons. The summed E-state index contributed by atoms with van der Waals surface area (Å²) in [7, 11) is 0. The molecule has 2 rings (SSSR count). The lowest BCUT2D eigenvalue weighted by Crippen LogP contribution is -2.52. The standard InChI is InChI=1S/C20H30F2N4O3/c1-20(2,3)13-25(11-17(21)22)16(10-23)19(28)24-14-4-6-15(7-5-14)26-8-9-29-12-18(26)27/h4-7,16-17H,8-13,23H2,1-3H3,(H,24,28)/t16-/m1/s1. The fourth-order valence-electron chi connectivity index (χ4n) is 3.25. The molecule has 0 saturated carbocycles. The summed E-state index contributed by atoms with van der Waals surface area (Å²) < 4.78 is 31.2. The van der Waals surface area contributed by atoms with Gasteiger partial charge in [-0.2, -0.15) is 0 Å². The predicted molar refractivity (Wildman–Crippen MR) is 108 cm³/mol. The Hall–Kier alpha value is -2.10. The third-order valence-corrected chi connectivity index (χ3v) is 4.45. The minimum absolute atomic E-state index is 0.0460. The number of ether oxygens (including phenoxy) is 1. The van der Waals surface area contributed by atoms with Gasteiger partial charge in [0.15, 0.2) is 0 Å². The van der Waals surface area contributed by atoms with Crippen molar-refractivity contribution in [3.8, 4) is 0 Å². The van der Waals surface area contributed by atoms with Crippen LogP contribution in [0.15, 0.2) is 24.3 Å². The van der Waals surface area contributed by atoms with E-state index in [9.17, 15) is 18.4 Å². The van der Waals surface area contributed by atoms with Crippen LogP contribution in [0.4, 0.5) is 20.2 Å². The van der Waals surface area contributed by atoms with Gasteiger partial charge in [0.05, 0.1) is 13.2 Å². The summed E-state index contributed by atoms with van der Waals surface area (Å²) in [5, 5.41) is 2.74. The Kier molecular flexibility index (Phi) is 8.06. The van der Waals surface area contributed by atoms with Gasteiger partial charge >= 0.3 is 0 Å². The number of hydrogen-bond donors (Lipinski definition) is 2. The van der Waals surface area contributed by atoms with Gasteiger partial charge in [-0.1, -0.05) is 20.8 Å². The van der Waals surface area contributed by atoms with E-state index in [1.54, 1.807) is 29.2 Å². The highest BCUT2D eigenvalue weighted by atomic mass is 19.3. The molecule has 0 aliphatic carbocycles. The number of carbonyl (C=O) groups excluding carboxylic acids is 2. The van der Waals surface area contributed by atoms with E-state index in [0.29, 0.717) is 31.1 Å². The zero-order chi connectivity index (χ0) is 21.6. The highest BCUT2D eigenvalue weighted by Crippen LogP contribution is 2.21. The third kappa shape index (κ3) is 7.02. The Balaban J connectivity index is 2.08. The summed E-state index contributed by atoms with van der Waals surface area (Å²) in [6.45, 7) is 6.45. The SMILES string of the molecule is CC(C)(C)CN(CC(F)F)[C@H](CN)C(=O)Nc1ccc(N2CCOCC2=O)cc1. The average molecular weight is 412 g/mol. The number of nitrogens with zero attached hydrogens (tertiary/aromatic N) is 2. The van der Waals surface area contributed by atoms with E-state index in [1.807, 2.05) is 20.8 Å². The fourth-order valence-corrected chi connectivity index (χ4v) is 3.25. The molecule has 3 N–H and O–H groups in total. The number of amides is 2. The van der Waals surface area contributed by atoms with E-state index >= 15 is 0 Å². The molecule has 29 heavy (non-hydrogen) atoms. The largest absolute Gasteiger partial charge is 0.370 e. The Bertz CT molecular complexity index is 692. The smallest absolute Gasteiger partial charge is 0.253 e. The first-order valence-corrected chi connectivity index (χ1v) is 9.62. The normalized spacial score (nSPS) is 16.4. The molecule has 1 atom stereocenters. The molecule has 0 spiro atoms. The molecule has 1 aromatic rings. The van der Waals surface area contributed by atoms with Gasteiger partial charge in [0.1, 0.15) is 12.6 Å². The van der Waals surface area contributed by atoms with E-state index < -0.39 is 24.9 Å². The second-order valence-corrected chi connectivity index (χ2v) is 8.27. The van der Waals surface area contributed by atoms with Crippen LogP contribution in [0.2, 0.25) is 0 Å². The van der Waals surface area contributed by atoms with Crippen LogP contribution in [0.25, 0.3) is 0 Å². The zero-order valence-corrected chi connectivity index (χ0v) is 17.2. The van der Waals surface area contributed by atoms with Gasteiger partial charge in [-0.15, -0.1) is 0 Å². The highest BCUT2D eigenvalue weighted by molar-refractivity contribution is 5.97. The van der Waals surface area contributed by atoms with Crippen LogP contribution in [0.5, 0.6) is 0 Å². The first-order valence-electron chi connectivity index (χ1n) is 9.62. The number of alkyl halides is 2. The van der Waals surface area contributed by atoms with Gasteiger partial charge < -0.3 is 20.7 Å². The van der Waals surface area contributed by atoms with Crippen LogP contribution in [0.1, 0.15) is 20.8 Å². The van der Waals surface area contributed by atoms with Gasteiger partial charge in [-0.05, 0) is 29.7 Å². The van der Waals surface area contributed by atoms with Crippen LogP contribution in [-0.2, 0) is 14.3 Å². The number of nitrogens with two attached hydrogens (primary N) is 1. The molecule has 1 fully saturated rings. The van der Waals surface area contributed by atoms with Crippen molar-refractivity contribution in [2.24, 2.45) is 11.1 Å². The summed E-state index contributed by atoms with van der Waals surface area (Å²) in [5.74, 6) is -0.561. The molecule has 9 heteroatoms. The first kappa shape index (κ1) is 23.2. The molecule has 1 saturated heterocycles. The van der Waals surface area contributed by atoms with Crippen molar-refractivity contribution in [1.29, 1.82) is 0 Å². The minimum Gasteiger partial charge on any atom is -0.370 e. The van der Waals surface area contributed by atoms with Crippen LogP contribution in [0.3, 0.4) is 0 Å². The van der Waals surface area contributed by atoms with Crippen molar-refractivity contribution in [3.63, 3.8) is 0 Å². The van der Waals surface area contributed by atoms with Gasteiger partial charge in [0, 0.05) is 31.0 Å². The maximum Gasteiger partial charge on any atom is 0.253 e. The summed E-state index contributed by atoms with van der Waals surface area (Å²) in [5.41, 5.74) is 6.70. The van der Waals surface area contributed by atoms with Crippen LogP contribution >= 0.6 is 0 Å². The summed E-state index contributed by atoms with van der Waals surface area (Å²) in [4.78, 5) is 27.7. The van der Waals surface area contributed by atoms with Crippen molar-refractivity contribution in [1.82, 2.24) is 4.90 Å². The molecule has 7 nitrogen and oxygen atoms in total. The molecule has 1 aliphatic rings. The van der Waals surface area contributed by atoms with Gasteiger partial charge in [0.25, 0.3) is 12.3 Å². The Labute approximate surface area is 170 Å². The minimum atomic E-state index is -2.57. The number of hydrogen-bond acceptors (Lipinski definition) is 5. The second kappa shape index (κ2) is 10.1. The molecule has 1 aliphatic heterocycles. The summed E-state index contributed by atoms with van der Waals surface area (Å²) in [6.07, 6.45) is -2.57. The molecule has 0 bridgehead atoms. The molecular formula is C20H30F2N4O3. The summed E-state index contributed by atoms with van der Waals surface area (Å²) in [6, 6.07) is 5.92. The number of benzene rings is 1. The van der Waals surface area contributed by atoms with Gasteiger partial charge in [0.2, 0.25) is 5.91 Å². The topological polar surface area (TPSA) is 87.9 Å². The number of halogens is 2. The van der Waals surface area contributed by atoms with Crippen LogP contribution in [0, 0.1) is 5.41 Å². The number of nitrogens with one attached hydrogen (secondary N) is 1. The average Bonchev–Trinajstić information content (AvgIpc) is 2.61. The third-order valence-electron chi connectivity index (χ3n) is 4.45. The van der Waals surface area contributed by atoms with E-state index in [-0.39, 0.29) is 24.5 Å². The van der Waals surface area contributed by atoms with Crippen molar-refractivity contribution >= 4 is 23.2 Å². The van der Waals surface area contributed by atoms with Crippen LogP contribution < -0.4 is 16.0 Å². The van der Waals surface area contributed by atoms with Crippen molar-refractivity contribution < 1.29 is 23.1 Å².